The van der Waals surface area contributed by atoms with E-state index in [-0.39, 0.29) is 0 Å². The van der Waals surface area contributed by atoms with Gasteiger partial charge in [0.25, 0.3) is 0 Å². The van der Waals surface area contributed by atoms with Crippen LogP contribution in [0.3, 0.4) is 0 Å². The van der Waals surface area contributed by atoms with Crippen LogP contribution in [-0.2, 0) is 0 Å². The summed E-state index contributed by atoms with van der Waals surface area (Å²) >= 11 is 0. The molecule has 0 amide bonds. The largest absolute Gasteiger partial charge is 0.314 e. The summed E-state index contributed by atoms with van der Waals surface area (Å²) in [5.41, 5.74) is 0. The number of piperidine rings is 1. The first-order valence-corrected chi connectivity index (χ1v) is 7.19. The molecule has 0 spiro atoms. The second kappa shape index (κ2) is 5.50. The zero-order valence-corrected chi connectivity index (χ0v) is 11.2. The minimum Gasteiger partial charge on any atom is -0.314 e. The Labute approximate surface area is 101 Å². The lowest BCUT2D eigenvalue weighted by Gasteiger charge is -2.40. The van der Waals surface area contributed by atoms with Gasteiger partial charge in [0.15, 0.2) is 0 Å². The molecule has 0 aromatic carbocycles. The van der Waals surface area contributed by atoms with Crippen molar-refractivity contribution in [1.82, 2.24) is 10.2 Å². The SMILES string of the molecule is CCCNC1CCN(C(C)C2CC2)CC1C. The first kappa shape index (κ1) is 12.4. The minimum absolute atomic E-state index is 0.766. The van der Waals surface area contributed by atoms with E-state index in [0.717, 1.165) is 23.9 Å². The van der Waals surface area contributed by atoms with Crippen LogP contribution in [0.5, 0.6) is 0 Å². The summed E-state index contributed by atoms with van der Waals surface area (Å²) in [6.45, 7) is 10.9. The molecule has 2 heteroatoms. The van der Waals surface area contributed by atoms with Gasteiger partial charge in [-0.3, -0.25) is 0 Å². The molecule has 2 nitrogen and oxygen atoms in total. The van der Waals surface area contributed by atoms with Gasteiger partial charge in [-0.2, -0.15) is 0 Å². The average molecular weight is 224 g/mol. The molecule has 2 aliphatic rings. The van der Waals surface area contributed by atoms with E-state index in [1.807, 2.05) is 0 Å². The van der Waals surface area contributed by atoms with Gasteiger partial charge < -0.3 is 10.2 Å². The molecule has 0 bridgehead atoms. The van der Waals surface area contributed by atoms with E-state index >= 15 is 0 Å². The van der Waals surface area contributed by atoms with Crippen LogP contribution < -0.4 is 5.32 Å². The van der Waals surface area contributed by atoms with Gasteiger partial charge in [-0.1, -0.05) is 13.8 Å². The Morgan fingerprint density at radius 2 is 2.06 bits per heavy atom. The smallest absolute Gasteiger partial charge is 0.0117 e. The van der Waals surface area contributed by atoms with Crippen LogP contribution in [-0.4, -0.2) is 36.6 Å². The molecule has 1 aliphatic carbocycles. The maximum absolute atomic E-state index is 3.70. The molecule has 1 heterocycles. The van der Waals surface area contributed by atoms with Gasteiger partial charge in [0.1, 0.15) is 0 Å². The lowest BCUT2D eigenvalue weighted by atomic mass is 9.92. The molecule has 1 saturated heterocycles. The van der Waals surface area contributed by atoms with Crippen LogP contribution >= 0.6 is 0 Å². The predicted molar refractivity (Wildman–Crippen MR) is 69.6 cm³/mol. The highest BCUT2D eigenvalue weighted by Crippen LogP contribution is 2.36. The van der Waals surface area contributed by atoms with Gasteiger partial charge in [0.2, 0.25) is 0 Å². The van der Waals surface area contributed by atoms with E-state index in [1.165, 1.54) is 45.3 Å². The summed E-state index contributed by atoms with van der Waals surface area (Å²) in [5.74, 6) is 1.84. The topological polar surface area (TPSA) is 15.3 Å². The van der Waals surface area contributed by atoms with E-state index < -0.39 is 0 Å². The number of hydrogen-bond acceptors (Lipinski definition) is 2. The second-order valence-corrected chi connectivity index (χ2v) is 5.90. The molecule has 94 valence electrons. The van der Waals surface area contributed by atoms with Crippen molar-refractivity contribution in [3.05, 3.63) is 0 Å². The average Bonchev–Trinajstić information content (AvgIpc) is 3.10. The van der Waals surface area contributed by atoms with E-state index in [9.17, 15) is 0 Å². The Balaban J connectivity index is 1.77. The van der Waals surface area contributed by atoms with Crippen LogP contribution in [0.15, 0.2) is 0 Å². The molecule has 0 radical (unpaired) electrons. The van der Waals surface area contributed by atoms with Crippen molar-refractivity contribution in [2.24, 2.45) is 11.8 Å². The maximum atomic E-state index is 3.70. The molecule has 16 heavy (non-hydrogen) atoms. The van der Waals surface area contributed by atoms with Crippen LogP contribution in [0.2, 0.25) is 0 Å². The van der Waals surface area contributed by atoms with Crippen molar-refractivity contribution < 1.29 is 0 Å². The van der Waals surface area contributed by atoms with E-state index in [4.69, 9.17) is 0 Å². The standard InChI is InChI=1S/C14H28N2/c1-4-8-15-14-7-9-16(10-11(14)2)12(3)13-5-6-13/h11-15H,4-10H2,1-3H3. The normalized spacial score (nSPS) is 33.9. The molecule has 3 unspecified atom stereocenters. The van der Waals surface area contributed by atoms with Gasteiger partial charge in [0.05, 0.1) is 0 Å². The molecule has 0 aromatic rings. The number of nitrogens with zero attached hydrogens (tertiary/aromatic N) is 1. The first-order chi connectivity index (χ1) is 7.72. The van der Waals surface area contributed by atoms with E-state index in [2.05, 4.69) is 31.0 Å². The Hall–Kier alpha value is -0.0800. The number of rotatable bonds is 5. The maximum Gasteiger partial charge on any atom is 0.0117 e. The third-order valence-corrected chi connectivity index (χ3v) is 4.47. The molecular weight excluding hydrogens is 196 g/mol. The molecule has 0 aromatic heterocycles. The molecule has 3 atom stereocenters. The summed E-state index contributed by atoms with van der Waals surface area (Å²) in [5, 5.41) is 3.70. The molecule has 1 aliphatic heterocycles. The highest BCUT2D eigenvalue weighted by Gasteiger charge is 2.35. The van der Waals surface area contributed by atoms with Crippen molar-refractivity contribution in [3.63, 3.8) is 0 Å². The van der Waals surface area contributed by atoms with Gasteiger partial charge in [-0.05, 0) is 57.5 Å². The van der Waals surface area contributed by atoms with Crippen molar-refractivity contribution in [2.75, 3.05) is 19.6 Å². The zero-order valence-electron chi connectivity index (χ0n) is 11.2. The monoisotopic (exact) mass is 224 g/mol. The summed E-state index contributed by atoms with van der Waals surface area (Å²) in [6.07, 6.45) is 5.55. The molecule has 2 fully saturated rings. The van der Waals surface area contributed by atoms with Gasteiger partial charge in [0, 0.05) is 18.6 Å². The van der Waals surface area contributed by atoms with Crippen LogP contribution in [0.1, 0.15) is 46.5 Å². The van der Waals surface area contributed by atoms with E-state index in [1.54, 1.807) is 0 Å². The third-order valence-electron chi connectivity index (χ3n) is 4.47. The van der Waals surface area contributed by atoms with Crippen molar-refractivity contribution in [1.29, 1.82) is 0 Å². The highest BCUT2D eigenvalue weighted by atomic mass is 15.2. The number of nitrogens with one attached hydrogen (secondary N) is 1. The predicted octanol–water partition coefficient (Wildman–Crippen LogP) is 2.49. The highest BCUT2D eigenvalue weighted by molar-refractivity contribution is 4.90. The van der Waals surface area contributed by atoms with E-state index in [0.29, 0.717) is 0 Å². The lowest BCUT2D eigenvalue weighted by molar-refractivity contribution is 0.101. The fraction of sp³-hybridized carbons (Fsp3) is 1.00. The third kappa shape index (κ3) is 2.98. The quantitative estimate of drug-likeness (QED) is 0.772. The van der Waals surface area contributed by atoms with Crippen molar-refractivity contribution in [2.45, 2.75) is 58.5 Å². The van der Waals surface area contributed by atoms with Crippen molar-refractivity contribution >= 4 is 0 Å². The number of hydrogen-bond donors (Lipinski definition) is 1. The summed E-state index contributed by atoms with van der Waals surface area (Å²) in [6, 6.07) is 1.61. The fourth-order valence-electron chi connectivity index (χ4n) is 3.06. The first-order valence-electron chi connectivity index (χ1n) is 7.19. The van der Waals surface area contributed by atoms with Gasteiger partial charge >= 0.3 is 0 Å². The summed E-state index contributed by atoms with van der Waals surface area (Å²) in [4.78, 5) is 2.73. The second-order valence-electron chi connectivity index (χ2n) is 5.90. The fourth-order valence-corrected chi connectivity index (χ4v) is 3.06. The van der Waals surface area contributed by atoms with Gasteiger partial charge in [-0.25, -0.2) is 0 Å². The number of likely N-dealkylation sites (tertiary alicyclic amines) is 1. The van der Waals surface area contributed by atoms with Crippen LogP contribution in [0, 0.1) is 11.8 Å². The van der Waals surface area contributed by atoms with Gasteiger partial charge in [-0.15, -0.1) is 0 Å². The molecule has 2 rings (SSSR count). The Kier molecular flexibility index (Phi) is 4.26. The summed E-state index contributed by atoms with van der Waals surface area (Å²) < 4.78 is 0. The Morgan fingerprint density at radius 1 is 1.31 bits per heavy atom. The van der Waals surface area contributed by atoms with Crippen LogP contribution in [0.4, 0.5) is 0 Å². The van der Waals surface area contributed by atoms with Crippen LogP contribution in [0.25, 0.3) is 0 Å². The zero-order chi connectivity index (χ0) is 11.5. The molecule has 1 N–H and O–H groups in total. The minimum atomic E-state index is 0.766. The lowest BCUT2D eigenvalue weighted by Crippen LogP contribution is -2.51. The Morgan fingerprint density at radius 3 is 2.62 bits per heavy atom. The summed E-state index contributed by atoms with van der Waals surface area (Å²) in [7, 11) is 0. The Bertz CT molecular complexity index is 213. The van der Waals surface area contributed by atoms with Crippen molar-refractivity contribution in [3.8, 4) is 0 Å². The molecule has 1 saturated carbocycles. The molecular formula is C14H28N2.